The van der Waals surface area contributed by atoms with Crippen molar-refractivity contribution in [1.29, 1.82) is 0 Å². The third-order valence-corrected chi connectivity index (χ3v) is 27.2. The van der Waals surface area contributed by atoms with E-state index in [0.717, 1.165) is 25.0 Å². The Morgan fingerprint density at radius 3 is 1.81 bits per heavy atom. The Morgan fingerprint density at radius 2 is 1.35 bits per heavy atom. The molecule has 0 unspecified atom stereocenters. The first kappa shape index (κ1) is 53.6. The van der Waals surface area contributed by atoms with Crippen LogP contribution in [0.25, 0.3) is 6.08 Å². The van der Waals surface area contributed by atoms with Crippen LogP contribution in [0.15, 0.2) is 41.1 Å². The number of carbonyl (C=O) groups is 2. The lowest BCUT2D eigenvalue weighted by atomic mass is 9.71. The molecule has 0 amide bonds. The lowest BCUT2D eigenvalue weighted by molar-refractivity contribution is -0.147. The van der Waals surface area contributed by atoms with Crippen molar-refractivity contribution < 1.29 is 28.0 Å². The second kappa shape index (κ2) is 20.9. The van der Waals surface area contributed by atoms with Gasteiger partial charge in [0.25, 0.3) is 0 Å². The van der Waals surface area contributed by atoms with E-state index in [1.807, 2.05) is 38.1 Å². The molecule has 0 aromatic carbocycles. The van der Waals surface area contributed by atoms with Crippen molar-refractivity contribution in [1.82, 2.24) is 4.98 Å². The molecule has 5 atom stereocenters. The van der Waals surface area contributed by atoms with Crippen LogP contribution in [-0.4, -0.2) is 65.1 Å². The lowest BCUT2D eigenvalue weighted by Crippen LogP contribution is -2.54. The van der Waals surface area contributed by atoms with E-state index in [1.165, 1.54) is 5.57 Å². The highest BCUT2D eigenvalue weighted by Crippen LogP contribution is 2.45. The molecule has 0 aliphatic carbocycles. The van der Waals surface area contributed by atoms with E-state index in [9.17, 15) is 14.7 Å². The number of allylic oxidation sites excluding steroid dienone is 1. The lowest BCUT2D eigenvalue weighted by Gasteiger charge is -2.47. The number of hydrogen-bond donors (Lipinski definition) is 1. The van der Waals surface area contributed by atoms with E-state index in [-0.39, 0.29) is 45.4 Å². The van der Waals surface area contributed by atoms with Crippen molar-refractivity contribution in [2.75, 3.05) is 0 Å². The zero-order chi connectivity index (χ0) is 44.6. The Hall–Kier alpha value is -1.41. The van der Waals surface area contributed by atoms with E-state index in [4.69, 9.17) is 24.9 Å². The highest BCUT2D eigenvalue weighted by atomic mass is 35.5. The van der Waals surface area contributed by atoms with Gasteiger partial charge in [-0.3, -0.25) is 14.6 Å². The van der Waals surface area contributed by atoms with Gasteiger partial charge in [-0.1, -0.05) is 119 Å². The highest BCUT2D eigenvalue weighted by Gasteiger charge is 2.50. The summed E-state index contributed by atoms with van der Waals surface area (Å²) in [5, 5.41) is 10.5. The molecule has 0 saturated heterocycles. The third kappa shape index (κ3) is 15.9. The summed E-state index contributed by atoms with van der Waals surface area (Å²) in [5.74, 6) is -1.23. The number of rotatable bonds is 22. The summed E-state index contributed by atoms with van der Waals surface area (Å²) >= 11 is 7.00. The van der Waals surface area contributed by atoms with Crippen molar-refractivity contribution in [3.8, 4) is 0 Å². The fourth-order valence-electron chi connectivity index (χ4n) is 6.17. The zero-order valence-electron chi connectivity index (χ0n) is 39.9. The summed E-state index contributed by atoms with van der Waals surface area (Å²) in [6.45, 7) is 43.4. The van der Waals surface area contributed by atoms with Crippen molar-refractivity contribution in [2.24, 2.45) is 17.3 Å². The van der Waals surface area contributed by atoms with Crippen LogP contribution in [0.4, 0.5) is 0 Å². The van der Waals surface area contributed by atoms with Crippen molar-refractivity contribution in [3.63, 3.8) is 0 Å². The standard InChI is InChI=1S/C46H84ClNO6Si3/c1-21-36(42(51)46(13,14)39(32-40(49)50)53-56(17,18)44(7,8)9)41(54-57(19,20)45(10,11)12)34(3)26-24-25-33(2)28-29-38(52-55(15,16)43(4,5)6)37(47)31-35-27-22-23-30-48-35/h22-23,27-28,30-31,34,36,38-39,41H,21,24-26,29,32H2,1-20H3,(H,49,50)/b33-28-,37-31+/t34-,36+,38-,39-,41-/m0/s1. The monoisotopic (exact) mass is 866 g/mol. The fourth-order valence-corrected chi connectivity index (χ4v) is 10.7. The van der Waals surface area contributed by atoms with Crippen LogP contribution < -0.4 is 0 Å². The Labute approximate surface area is 358 Å². The van der Waals surface area contributed by atoms with Gasteiger partial charge in [-0.25, -0.2) is 0 Å². The maximum Gasteiger partial charge on any atom is 0.305 e. The van der Waals surface area contributed by atoms with E-state index in [0.29, 0.717) is 17.9 Å². The molecule has 0 spiro atoms. The second-order valence-electron chi connectivity index (χ2n) is 21.7. The van der Waals surface area contributed by atoms with Gasteiger partial charge in [-0.05, 0) is 118 Å². The Kier molecular flexibility index (Phi) is 19.7. The molecule has 0 bridgehead atoms. The first-order valence-electron chi connectivity index (χ1n) is 21.3. The molecular formula is C46H84ClNO6Si3. The van der Waals surface area contributed by atoms with Crippen LogP contribution >= 0.6 is 11.6 Å². The van der Waals surface area contributed by atoms with Crippen LogP contribution in [-0.2, 0) is 22.9 Å². The molecule has 1 rings (SSSR count). The topological polar surface area (TPSA) is 95.0 Å². The number of aromatic nitrogens is 1. The maximum atomic E-state index is 14.9. The first-order chi connectivity index (χ1) is 25.6. The molecule has 0 aliphatic rings. The molecule has 1 aromatic heterocycles. The Bertz CT molecular complexity index is 1500. The highest BCUT2D eigenvalue weighted by molar-refractivity contribution is 6.75. The largest absolute Gasteiger partial charge is 0.481 e. The van der Waals surface area contributed by atoms with Gasteiger partial charge in [-0.2, -0.15) is 0 Å². The summed E-state index contributed by atoms with van der Waals surface area (Å²) in [6.07, 6.45) is 8.43. The maximum absolute atomic E-state index is 14.9. The number of carboxylic acids is 1. The molecule has 1 heterocycles. The predicted octanol–water partition coefficient (Wildman–Crippen LogP) is 14.1. The number of nitrogens with zero attached hydrogens (tertiary/aromatic N) is 1. The van der Waals surface area contributed by atoms with Crippen LogP contribution in [0.5, 0.6) is 0 Å². The van der Waals surface area contributed by atoms with Gasteiger partial charge in [0.15, 0.2) is 25.0 Å². The average Bonchev–Trinajstić information content (AvgIpc) is 3.04. The van der Waals surface area contributed by atoms with E-state index < -0.39 is 48.4 Å². The number of hydrogen-bond acceptors (Lipinski definition) is 6. The summed E-state index contributed by atoms with van der Waals surface area (Å²) in [5.41, 5.74) is 1.06. The second-order valence-corrected chi connectivity index (χ2v) is 36.4. The normalized spacial score (nSPS) is 17.2. The fraction of sp³-hybridized carbons (Fsp3) is 0.761. The summed E-state index contributed by atoms with van der Waals surface area (Å²) in [4.78, 5) is 31.6. The van der Waals surface area contributed by atoms with Crippen molar-refractivity contribution >= 4 is 54.4 Å². The van der Waals surface area contributed by atoms with Gasteiger partial charge < -0.3 is 18.4 Å². The van der Waals surface area contributed by atoms with Gasteiger partial charge in [0.1, 0.15) is 5.78 Å². The van der Waals surface area contributed by atoms with Gasteiger partial charge in [0, 0.05) is 22.6 Å². The van der Waals surface area contributed by atoms with Crippen molar-refractivity contribution in [2.45, 2.75) is 208 Å². The van der Waals surface area contributed by atoms with E-state index in [2.05, 4.69) is 133 Å². The van der Waals surface area contributed by atoms with Gasteiger partial charge in [-0.15, -0.1) is 0 Å². The Balaban J connectivity index is 3.44. The predicted molar refractivity (Wildman–Crippen MR) is 250 cm³/mol. The SMILES string of the molecule is CC[C@@H](C(=O)C(C)(C)[C@H](CC(=O)O)O[Si](C)(C)C(C)(C)C)[C@@H](O[Si](C)(C)C(C)(C)C)[C@@H](C)CCC/C(C)=C\C[C@H](O[Si](C)(C)C(C)(C)C)/C(Cl)=C\c1ccccn1. The number of halogens is 1. The van der Waals surface area contributed by atoms with Crippen LogP contribution in [0.2, 0.25) is 54.4 Å². The van der Waals surface area contributed by atoms with Crippen LogP contribution in [0, 0.1) is 17.3 Å². The smallest absolute Gasteiger partial charge is 0.305 e. The minimum atomic E-state index is -2.40. The van der Waals surface area contributed by atoms with Gasteiger partial charge >= 0.3 is 5.97 Å². The number of carboxylic acid groups (broad SMARTS) is 1. The molecule has 0 aliphatic heterocycles. The molecule has 11 heteroatoms. The zero-order valence-corrected chi connectivity index (χ0v) is 43.7. The quantitative estimate of drug-likeness (QED) is 0.0916. The minimum Gasteiger partial charge on any atom is -0.481 e. The summed E-state index contributed by atoms with van der Waals surface area (Å²) in [6, 6.07) is 5.81. The summed E-state index contributed by atoms with van der Waals surface area (Å²) < 4.78 is 20.9. The molecule has 57 heavy (non-hydrogen) atoms. The van der Waals surface area contributed by atoms with Gasteiger partial charge in [0.05, 0.1) is 30.4 Å². The molecule has 0 radical (unpaired) electrons. The first-order valence-corrected chi connectivity index (χ1v) is 30.4. The van der Waals surface area contributed by atoms with Crippen LogP contribution in [0.3, 0.4) is 0 Å². The number of carbonyl (C=O) groups excluding carboxylic acids is 1. The number of pyridine rings is 1. The number of aliphatic carboxylic acids is 1. The van der Waals surface area contributed by atoms with Crippen molar-refractivity contribution in [3.05, 3.63) is 46.8 Å². The average molecular weight is 867 g/mol. The third-order valence-electron chi connectivity index (χ3n) is 13.4. The molecule has 0 saturated carbocycles. The molecule has 7 nitrogen and oxygen atoms in total. The van der Waals surface area contributed by atoms with E-state index in [1.54, 1.807) is 6.20 Å². The molecule has 1 N–H and O–H groups in total. The summed E-state index contributed by atoms with van der Waals surface area (Å²) in [7, 11) is -6.83. The number of ketones is 1. The molecular weight excluding hydrogens is 782 g/mol. The molecule has 328 valence electrons. The van der Waals surface area contributed by atoms with Crippen LogP contribution in [0.1, 0.15) is 141 Å². The Morgan fingerprint density at radius 1 is 0.842 bits per heavy atom. The molecule has 1 aromatic rings. The number of Topliss-reactive ketones (excluding diaryl/α,β-unsaturated/α-hetero) is 1. The van der Waals surface area contributed by atoms with E-state index >= 15 is 0 Å². The minimum absolute atomic E-state index is 0.0324. The molecule has 0 fully saturated rings. The van der Waals surface area contributed by atoms with Gasteiger partial charge in [0.2, 0.25) is 0 Å².